The lowest BCUT2D eigenvalue weighted by Crippen LogP contribution is -2.41. The number of carbonyl (C=O) groups excluding carboxylic acids is 2. The molecule has 0 saturated heterocycles. The van der Waals surface area contributed by atoms with Gasteiger partial charge in [-0.2, -0.15) is 0 Å². The Hall–Kier alpha value is -3.91. The van der Waals surface area contributed by atoms with Crippen LogP contribution in [0.1, 0.15) is 27.0 Å². The van der Waals surface area contributed by atoms with Crippen LogP contribution in [0.4, 0.5) is 10.1 Å². The summed E-state index contributed by atoms with van der Waals surface area (Å²) in [5.41, 5.74) is 1.21. The molecular formula is C24H19FN4O2S. The van der Waals surface area contributed by atoms with Crippen LogP contribution in [-0.2, 0) is 11.3 Å². The van der Waals surface area contributed by atoms with Gasteiger partial charge in [-0.1, -0.05) is 36.4 Å². The highest BCUT2D eigenvalue weighted by Crippen LogP contribution is 2.28. The van der Waals surface area contributed by atoms with Crippen molar-refractivity contribution < 1.29 is 14.0 Å². The number of carbonyl (C=O) groups is 2. The van der Waals surface area contributed by atoms with Gasteiger partial charge in [0.15, 0.2) is 0 Å². The first-order chi connectivity index (χ1) is 15.6. The Labute approximate surface area is 188 Å². The molecular weight excluding hydrogens is 427 g/mol. The molecule has 0 fully saturated rings. The summed E-state index contributed by atoms with van der Waals surface area (Å²) in [6.07, 6.45) is 4.30. The summed E-state index contributed by atoms with van der Waals surface area (Å²) >= 11 is 1.49. The average molecular weight is 447 g/mol. The van der Waals surface area contributed by atoms with Gasteiger partial charge in [-0.3, -0.25) is 14.6 Å². The van der Waals surface area contributed by atoms with Gasteiger partial charge < -0.3 is 10.2 Å². The normalized spacial score (nSPS) is 11.5. The van der Waals surface area contributed by atoms with Gasteiger partial charge in [0, 0.05) is 23.0 Å². The van der Waals surface area contributed by atoms with Crippen LogP contribution in [0.3, 0.4) is 0 Å². The topological polar surface area (TPSA) is 75.2 Å². The molecule has 0 spiro atoms. The molecule has 4 rings (SSSR count). The Morgan fingerprint density at radius 2 is 1.78 bits per heavy atom. The molecule has 160 valence electrons. The zero-order chi connectivity index (χ0) is 22.3. The van der Waals surface area contributed by atoms with Gasteiger partial charge in [0.1, 0.15) is 17.6 Å². The molecule has 8 heteroatoms. The number of hydrogen-bond acceptors (Lipinski definition) is 5. The van der Waals surface area contributed by atoms with E-state index in [1.54, 1.807) is 12.1 Å². The average Bonchev–Trinajstić information content (AvgIpc) is 3.34. The zero-order valence-electron chi connectivity index (χ0n) is 16.9. The number of thiophene rings is 1. The molecule has 0 aliphatic carbocycles. The molecule has 1 atom stereocenters. The lowest BCUT2D eigenvalue weighted by molar-refractivity contribution is -0.121. The second-order valence-corrected chi connectivity index (χ2v) is 7.94. The fourth-order valence-electron chi connectivity index (χ4n) is 3.26. The highest BCUT2D eigenvalue weighted by atomic mass is 32.1. The van der Waals surface area contributed by atoms with Crippen LogP contribution < -0.4 is 5.32 Å². The first-order valence-electron chi connectivity index (χ1n) is 9.82. The van der Waals surface area contributed by atoms with E-state index >= 15 is 0 Å². The predicted molar refractivity (Wildman–Crippen MR) is 120 cm³/mol. The molecule has 0 radical (unpaired) electrons. The molecule has 2 heterocycles. The Kier molecular flexibility index (Phi) is 6.62. The van der Waals surface area contributed by atoms with Crippen LogP contribution in [0.25, 0.3) is 0 Å². The first-order valence-corrected chi connectivity index (χ1v) is 10.7. The van der Waals surface area contributed by atoms with Crippen molar-refractivity contribution in [3.63, 3.8) is 0 Å². The molecule has 1 N–H and O–H groups in total. The van der Waals surface area contributed by atoms with Crippen molar-refractivity contribution in [1.29, 1.82) is 0 Å². The summed E-state index contributed by atoms with van der Waals surface area (Å²) in [5, 5.41) is 4.72. The van der Waals surface area contributed by atoms with Crippen LogP contribution in [-0.4, -0.2) is 26.7 Å². The van der Waals surface area contributed by atoms with Crippen LogP contribution in [0.2, 0.25) is 0 Å². The summed E-state index contributed by atoms with van der Waals surface area (Å²) in [6.45, 7) is 0.212. The van der Waals surface area contributed by atoms with Gasteiger partial charge in [0.05, 0.1) is 12.7 Å². The summed E-state index contributed by atoms with van der Waals surface area (Å²) in [5.74, 6) is -1.24. The monoisotopic (exact) mass is 446 g/mol. The van der Waals surface area contributed by atoms with Crippen molar-refractivity contribution in [1.82, 2.24) is 14.9 Å². The number of nitrogens with zero attached hydrogens (tertiary/aromatic N) is 3. The molecule has 0 aliphatic rings. The maximum atomic E-state index is 13.5. The number of hydrogen-bond donors (Lipinski definition) is 1. The van der Waals surface area contributed by atoms with E-state index in [1.807, 2.05) is 35.7 Å². The minimum atomic E-state index is -0.946. The second-order valence-electron chi connectivity index (χ2n) is 6.91. The van der Waals surface area contributed by atoms with Gasteiger partial charge in [0.25, 0.3) is 11.8 Å². The van der Waals surface area contributed by atoms with Crippen molar-refractivity contribution in [3.8, 4) is 0 Å². The molecule has 2 aromatic carbocycles. The molecule has 6 nitrogen and oxygen atoms in total. The number of anilines is 1. The van der Waals surface area contributed by atoms with Crippen LogP contribution in [0.15, 0.2) is 90.7 Å². The summed E-state index contributed by atoms with van der Waals surface area (Å²) in [4.78, 5) is 37.5. The Morgan fingerprint density at radius 3 is 2.44 bits per heavy atom. The van der Waals surface area contributed by atoms with Gasteiger partial charge in [0.2, 0.25) is 0 Å². The highest BCUT2D eigenvalue weighted by molar-refractivity contribution is 7.09. The molecule has 0 unspecified atom stereocenters. The predicted octanol–water partition coefficient (Wildman–Crippen LogP) is 4.70. The van der Waals surface area contributed by atoms with Crippen molar-refractivity contribution in [3.05, 3.63) is 113 Å². The fourth-order valence-corrected chi connectivity index (χ4v) is 3.96. The molecule has 32 heavy (non-hydrogen) atoms. The maximum Gasteiger partial charge on any atom is 0.275 e. The Morgan fingerprint density at radius 1 is 1.00 bits per heavy atom. The van der Waals surface area contributed by atoms with E-state index in [2.05, 4.69) is 15.3 Å². The third-order valence-corrected chi connectivity index (χ3v) is 5.60. The van der Waals surface area contributed by atoms with Gasteiger partial charge in [-0.25, -0.2) is 9.37 Å². The quantitative estimate of drug-likeness (QED) is 0.447. The molecule has 0 bridgehead atoms. The number of halogens is 1. The summed E-state index contributed by atoms with van der Waals surface area (Å²) in [7, 11) is 0. The van der Waals surface area contributed by atoms with Crippen LogP contribution in [0.5, 0.6) is 0 Å². The van der Waals surface area contributed by atoms with E-state index in [1.165, 1.54) is 59.1 Å². The molecule has 2 amide bonds. The van der Waals surface area contributed by atoms with Gasteiger partial charge in [-0.15, -0.1) is 11.3 Å². The van der Waals surface area contributed by atoms with Gasteiger partial charge >= 0.3 is 0 Å². The zero-order valence-corrected chi connectivity index (χ0v) is 17.7. The highest BCUT2D eigenvalue weighted by Gasteiger charge is 2.33. The van der Waals surface area contributed by atoms with E-state index < -0.39 is 23.7 Å². The third-order valence-electron chi connectivity index (χ3n) is 4.74. The lowest BCUT2D eigenvalue weighted by Gasteiger charge is -2.31. The first kappa shape index (κ1) is 21.3. The summed E-state index contributed by atoms with van der Waals surface area (Å²) < 4.78 is 13.3. The number of nitrogens with one attached hydrogen (secondary N) is 1. The smallest absolute Gasteiger partial charge is 0.275 e. The fraction of sp³-hybridized carbons (Fsp3) is 0.0833. The van der Waals surface area contributed by atoms with E-state index in [0.717, 1.165) is 4.88 Å². The van der Waals surface area contributed by atoms with Crippen LogP contribution in [0, 0.1) is 5.82 Å². The number of benzene rings is 2. The van der Waals surface area contributed by atoms with Crippen molar-refractivity contribution in [2.75, 3.05) is 5.32 Å². The van der Waals surface area contributed by atoms with Crippen molar-refractivity contribution >= 4 is 28.8 Å². The molecule has 0 aliphatic heterocycles. The largest absolute Gasteiger partial charge is 0.324 e. The van der Waals surface area contributed by atoms with Gasteiger partial charge in [-0.05, 0) is 41.3 Å². The second kappa shape index (κ2) is 9.93. The molecule has 4 aromatic rings. The Balaban J connectivity index is 1.74. The Bertz CT molecular complexity index is 1170. The third kappa shape index (κ3) is 5.04. The minimum absolute atomic E-state index is 0.138. The molecule has 2 aromatic heterocycles. The van der Waals surface area contributed by atoms with Crippen molar-refractivity contribution in [2.24, 2.45) is 0 Å². The van der Waals surface area contributed by atoms with Crippen LogP contribution >= 0.6 is 11.3 Å². The number of aromatic nitrogens is 2. The number of rotatable bonds is 7. The van der Waals surface area contributed by atoms with E-state index in [9.17, 15) is 14.0 Å². The van der Waals surface area contributed by atoms with E-state index in [0.29, 0.717) is 11.3 Å². The summed E-state index contributed by atoms with van der Waals surface area (Å²) in [6, 6.07) is 17.4. The van der Waals surface area contributed by atoms with E-state index in [4.69, 9.17) is 0 Å². The lowest BCUT2D eigenvalue weighted by atomic mass is 10.0. The molecule has 0 saturated carbocycles. The van der Waals surface area contributed by atoms with E-state index in [-0.39, 0.29) is 12.2 Å². The maximum absolute atomic E-state index is 13.5. The SMILES string of the molecule is O=C(Nc1ccc(F)cc1)[C@H](c1ccccc1)N(Cc1cccs1)C(=O)c1cnccn1. The van der Waals surface area contributed by atoms with Crippen molar-refractivity contribution in [2.45, 2.75) is 12.6 Å². The minimum Gasteiger partial charge on any atom is -0.324 e. The standard InChI is InChI=1S/C24H19FN4O2S/c25-18-8-10-19(11-9-18)28-23(30)22(17-5-2-1-3-6-17)29(16-20-7-4-14-32-20)24(31)21-15-26-12-13-27-21/h1-15,22H,16H2,(H,28,30)/t22-/m0/s1. The number of amides is 2.